The lowest BCUT2D eigenvalue weighted by atomic mass is 9.69. The molecule has 82 valence electrons. The third-order valence-corrected chi connectivity index (χ3v) is 5.33. The Kier molecular flexibility index (Phi) is 2.91. The first kappa shape index (κ1) is 10.5. The number of hydrogen-bond acceptors (Lipinski definition) is 0. The fraction of sp³-hybridized carbons (Fsp3) is 1.00. The molecule has 3 fully saturated rings. The van der Waals surface area contributed by atoms with E-state index in [1.165, 1.54) is 6.42 Å². The molecule has 0 N–H and O–H groups in total. The standard InChI is InChI=1S/C13H22.CH4/c1-9-5-6-12-7-10-3-2-4-11(10)8-13(9)12;/h9-13H,2-8H2,1H3;1H4. The molecule has 0 saturated heterocycles. The predicted octanol–water partition coefficient (Wildman–Crippen LogP) is 4.49. The molecule has 0 spiro atoms. The minimum Gasteiger partial charge on any atom is -0.0776 e. The van der Waals surface area contributed by atoms with Crippen LogP contribution in [0.4, 0.5) is 0 Å². The van der Waals surface area contributed by atoms with Gasteiger partial charge in [0, 0.05) is 0 Å². The lowest BCUT2D eigenvalue weighted by molar-refractivity contribution is 0.135. The van der Waals surface area contributed by atoms with Crippen molar-refractivity contribution >= 4 is 0 Å². The molecule has 0 heteroatoms. The first-order chi connectivity index (χ1) is 6.34. The van der Waals surface area contributed by atoms with E-state index in [1.54, 1.807) is 38.5 Å². The summed E-state index contributed by atoms with van der Waals surface area (Å²) in [6.45, 7) is 2.50. The molecule has 14 heavy (non-hydrogen) atoms. The second-order valence-electron chi connectivity index (χ2n) is 5.90. The van der Waals surface area contributed by atoms with Gasteiger partial charge in [-0.1, -0.05) is 40.0 Å². The van der Waals surface area contributed by atoms with Gasteiger partial charge in [0.1, 0.15) is 0 Å². The van der Waals surface area contributed by atoms with Gasteiger partial charge in [0.05, 0.1) is 0 Å². The molecule has 0 aliphatic heterocycles. The molecule has 3 aliphatic rings. The highest BCUT2D eigenvalue weighted by Gasteiger charge is 2.43. The maximum Gasteiger partial charge on any atom is -0.0357 e. The van der Waals surface area contributed by atoms with E-state index in [1.807, 2.05) is 0 Å². The Bertz CT molecular complexity index is 196. The summed E-state index contributed by atoms with van der Waals surface area (Å²) >= 11 is 0. The second kappa shape index (κ2) is 3.87. The van der Waals surface area contributed by atoms with Gasteiger partial charge in [-0.2, -0.15) is 0 Å². The van der Waals surface area contributed by atoms with Crippen LogP contribution < -0.4 is 0 Å². The van der Waals surface area contributed by atoms with Crippen molar-refractivity contribution in [3.05, 3.63) is 0 Å². The fourth-order valence-electron chi connectivity index (χ4n) is 4.56. The van der Waals surface area contributed by atoms with Gasteiger partial charge in [0.2, 0.25) is 0 Å². The minimum atomic E-state index is 0. The number of hydrogen-bond donors (Lipinski definition) is 0. The molecule has 3 saturated carbocycles. The van der Waals surface area contributed by atoms with Gasteiger partial charge in [-0.3, -0.25) is 0 Å². The van der Waals surface area contributed by atoms with Crippen LogP contribution in [0.1, 0.15) is 59.3 Å². The molecular formula is C14H26. The van der Waals surface area contributed by atoms with Crippen molar-refractivity contribution in [2.45, 2.75) is 59.3 Å². The third kappa shape index (κ3) is 1.51. The van der Waals surface area contributed by atoms with E-state index < -0.39 is 0 Å². The van der Waals surface area contributed by atoms with Crippen LogP contribution >= 0.6 is 0 Å². The molecule has 3 rings (SSSR count). The topological polar surface area (TPSA) is 0 Å². The average molecular weight is 194 g/mol. The summed E-state index contributed by atoms with van der Waals surface area (Å²) in [5, 5.41) is 0. The highest BCUT2D eigenvalue weighted by Crippen LogP contribution is 2.53. The van der Waals surface area contributed by atoms with Crippen molar-refractivity contribution in [3.63, 3.8) is 0 Å². The summed E-state index contributed by atoms with van der Waals surface area (Å²) in [5.74, 6) is 5.66. The zero-order valence-corrected chi connectivity index (χ0v) is 8.84. The van der Waals surface area contributed by atoms with E-state index in [2.05, 4.69) is 6.92 Å². The maximum absolute atomic E-state index is 2.50. The smallest absolute Gasteiger partial charge is 0.0357 e. The molecule has 0 radical (unpaired) electrons. The quantitative estimate of drug-likeness (QED) is 0.533. The first-order valence-corrected chi connectivity index (χ1v) is 6.34. The first-order valence-electron chi connectivity index (χ1n) is 6.34. The molecule has 0 aromatic heterocycles. The Balaban J connectivity index is 0.000000750. The van der Waals surface area contributed by atoms with Crippen molar-refractivity contribution in [1.82, 2.24) is 0 Å². The molecule has 0 aromatic rings. The van der Waals surface area contributed by atoms with Crippen LogP contribution in [0, 0.1) is 29.6 Å². The fourth-order valence-corrected chi connectivity index (χ4v) is 4.56. The molecule has 3 aliphatic carbocycles. The highest BCUT2D eigenvalue weighted by atomic mass is 14.5. The van der Waals surface area contributed by atoms with Crippen LogP contribution in [0.3, 0.4) is 0 Å². The van der Waals surface area contributed by atoms with Crippen LogP contribution in [-0.4, -0.2) is 0 Å². The maximum atomic E-state index is 2.50. The Morgan fingerprint density at radius 2 is 1.50 bits per heavy atom. The van der Waals surface area contributed by atoms with E-state index in [4.69, 9.17) is 0 Å². The summed E-state index contributed by atoms with van der Waals surface area (Å²) in [6, 6.07) is 0. The van der Waals surface area contributed by atoms with Gasteiger partial charge in [-0.15, -0.1) is 0 Å². The SMILES string of the molecule is C.CC1CCC2CC3CCCC3CC12. The van der Waals surface area contributed by atoms with Gasteiger partial charge in [-0.05, 0) is 48.9 Å². The molecule has 0 heterocycles. The van der Waals surface area contributed by atoms with E-state index in [0.717, 1.165) is 29.6 Å². The van der Waals surface area contributed by atoms with E-state index in [-0.39, 0.29) is 7.43 Å². The van der Waals surface area contributed by atoms with Gasteiger partial charge in [0.15, 0.2) is 0 Å². The Hall–Kier alpha value is 0. The summed E-state index contributed by atoms with van der Waals surface area (Å²) in [5.41, 5.74) is 0. The third-order valence-electron chi connectivity index (χ3n) is 5.33. The molecule has 0 nitrogen and oxygen atoms in total. The normalized spacial score (nSPS) is 50.8. The lowest BCUT2D eigenvalue weighted by Crippen LogP contribution is -2.28. The summed E-state index contributed by atoms with van der Waals surface area (Å²) in [7, 11) is 0. The minimum absolute atomic E-state index is 0. The number of fused-ring (bicyclic) bond motifs is 2. The monoisotopic (exact) mass is 194 g/mol. The molecule has 5 unspecified atom stereocenters. The summed E-state index contributed by atoms with van der Waals surface area (Å²) in [4.78, 5) is 0. The van der Waals surface area contributed by atoms with Gasteiger partial charge in [-0.25, -0.2) is 0 Å². The van der Waals surface area contributed by atoms with Crippen molar-refractivity contribution in [3.8, 4) is 0 Å². The zero-order valence-electron chi connectivity index (χ0n) is 8.84. The van der Waals surface area contributed by atoms with Gasteiger partial charge in [0.25, 0.3) is 0 Å². The second-order valence-corrected chi connectivity index (χ2v) is 5.90. The predicted molar refractivity (Wildman–Crippen MR) is 62.2 cm³/mol. The summed E-state index contributed by atoms with van der Waals surface area (Å²) in [6.07, 6.45) is 11.0. The Labute approximate surface area is 89.5 Å². The van der Waals surface area contributed by atoms with Crippen molar-refractivity contribution < 1.29 is 0 Å². The van der Waals surface area contributed by atoms with Crippen molar-refractivity contribution in [2.24, 2.45) is 29.6 Å². The summed E-state index contributed by atoms with van der Waals surface area (Å²) < 4.78 is 0. The van der Waals surface area contributed by atoms with Gasteiger partial charge >= 0.3 is 0 Å². The molecule has 0 aromatic carbocycles. The van der Waals surface area contributed by atoms with E-state index in [0.29, 0.717) is 0 Å². The zero-order chi connectivity index (χ0) is 8.84. The number of rotatable bonds is 0. The van der Waals surface area contributed by atoms with Crippen LogP contribution in [-0.2, 0) is 0 Å². The van der Waals surface area contributed by atoms with Crippen LogP contribution in [0.2, 0.25) is 0 Å². The molecule has 0 bridgehead atoms. The largest absolute Gasteiger partial charge is 0.0776 e. The Morgan fingerprint density at radius 3 is 2.29 bits per heavy atom. The van der Waals surface area contributed by atoms with Crippen LogP contribution in [0.15, 0.2) is 0 Å². The van der Waals surface area contributed by atoms with Gasteiger partial charge < -0.3 is 0 Å². The van der Waals surface area contributed by atoms with E-state index in [9.17, 15) is 0 Å². The van der Waals surface area contributed by atoms with E-state index >= 15 is 0 Å². The lowest BCUT2D eigenvalue weighted by Gasteiger charge is -2.36. The van der Waals surface area contributed by atoms with Crippen LogP contribution in [0.25, 0.3) is 0 Å². The highest BCUT2D eigenvalue weighted by molar-refractivity contribution is 4.94. The molecule has 5 atom stereocenters. The molecular weight excluding hydrogens is 168 g/mol. The average Bonchev–Trinajstić information content (AvgIpc) is 2.70. The van der Waals surface area contributed by atoms with Crippen LogP contribution in [0.5, 0.6) is 0 Å². The Morgan fingerprint density at radius 1 is 0.786 bits per heavy atom. The van der Waals surface area contributed by atoms with Crippen molar-refractivity contribution in [2.75, 3.05) is 0 Å². The van der Waals surface area contributed by atoms with Crippen molar-refractivity contribution in [1.29, 1.82) is 0 Å². The molecule has 0 amide bonds.